The molecule has 4 fully saturated rings. The number of carbonyl (C=O) groups excluding carboxylic acids is 4. The van der Waals surface area contributed by atoms with E-state index in [1.165, 1.54) is 78.6 Å². The van der Waals surface area contributed by atoms with Crippen molar-refractivity contribution in [3.05, 3.63) is 23.5 Å². The summed E-state index contributed by atoms with van der Waals surface area (Å²) >= 11 is 0. The van der Waals surface area contributed by atoms with Crippen molar-refractivity contribution in [2.75, 3.05) is 0 Å². The van der Waals surface area contributed by atoms with Gasteiger partial charge in [0.15, 0.2) is 11.1 Å². The van der Waals surface area contributed by atoms with Crippen LogP contribution in [0.15, 0.2) is 23.5 Å². The van der Waals surface area contributed by atoms with Gasteiger partial charge in [0.2, 0.25) is 0 Å². The summed E-state index contributed by atoms with van der Waals surface area (Å²) in [5.41, 5.74) is -0.111. The number of hydrogen-bond donors (Lipinski definition) is 2. The van der Waals surface area contributed by atoms with Crippen LogP contribution in [-0.4, -0.2) is 47.5 Å². The average molecular weight is 507 g/mol. The molecule has 36 heavy (non-hydrogen) atoms. The molecule has 4 aliphatic rings. The Balaban J connectivity index is 0.000000201. The van der Waals surface area contributed by atoms with Crippen molar-refractivity contribution in [2.45, 2.75) is 116 Å². The molecule has 0 aromatic heterocycles. The average Bonchev–Trinajstić information content (AvgIpc) is 2.78. The summed E-state index contributed by atoms with van der Waals surface area (Å²) in [6, 6.07) is 0.670. The van der Waals surface area contributed by atoms with Crippen LogP contribution >= 0.6 is 0 Å². The minimum Gasteiger partial charge on any atom is -0.419 e. The van der Waals surface area contributed by atoms with Gasteiger partial charge in [0, 0.05) is 52.2 Å². The molecule has 0 unspecified atom stereocenters. The van der Waals surface area contributed by atoms with Crippen molar-refractivity contribution in [3.8, 4) is 0 Å². The van der Waals surface area contributed by atoms with Gasteiger partial charge in [-0.3, -0.25) is 0 Å². The van der Waals surface area contributed by atoms with Crippen LogP contribution in [0.3, 0.4) is 0 Å². The molecule has 0 bridgehead atoms. The number of cyclic esters (lactones) is 4. The second-order valence-electron chi connectivity index (χ2n) is 10.5. The van der Waals surface area contributed by atoms with E-state index < -0.39 is 35.5 Å². The van der Waals surface area contributed by atoms with E-state index >= 15 is 0 Å². The van der Waals surface area contributed by atoms with Gasteiger partial charge in [-0.05, 0) is 25.7 Å². The second kappa shape index (κ2) is 11.8. The van der Waals surface area contributed by atoms with Gasteiger partial charge in [0.05, 0.1) is 0 Å². The van der Waals surface area contributed by atoms with Gasteiger partial charge in [-0.2, -0.15) is 0 Å². The monoisotopic (exact) mass is 506 g/mol. The summed E-state index contributed by atoms with van der Waals surface area (Å²) < 4.78 is 20.0. The molecule has 4 rings (SSSR count). The fraction of sp³-hybridized carbons (Fsp3) is 0.692. The fourth-order valence-corrected chi connectivity index (χ4v) is 4.50. The van der Waals surface area contributed by atoms with Crippen LogP contribution in [0.25, 0.3) is 0 Å². The first-order valence-corrected chi connectivity index (χ1v) is 12.8. The van der Waals surface area contributed by atoms with Crippen LogP contribution in [0, 0.1) is 0 Å². The summed E-state index contributed by atoms with van der Waals surface area (Å²) in [6.45, 7) is 6.14. The molecule has 0 aromatic carbocycles. The number of nitrogens with one attached hydrogen (secondary N) is 2. The van der Waals surface area contributed by atoms with E-state index in [2.05, 4.69) is 10.6 Å². The molecule has 2 N–H and O–H groups in total. The first-order valence-electron chi connectivity index (χ1n) is 12.8. The van der Waals surface area contributed by atoms with E-state index in [4.69, 9.17) is 18.9 Å². The van der Waals surface area contributed by atoms with Crippen LogP contribution in [-0.2, 0) is 38.1 Å². The minimum atomic E-state index is -1.17. The van der Waals surface area contributed by atoms with Crippen molar-refractivity contribution in [3.63, 3.8) is 0 Å². The molecule has 200 valence electrons. The zero-order valence-electron chi connectivity index (χ0n) is 21.6. The number of rotatable bonds is 4. The molecule has 0 amide bonds. The Kier molecular flexibility index (Phi) is 9.03. The molecule has 10 heteroatoms. The number of esters is 4. The molecule has 0 radical (unpaired) electrons. The minimum absolute atomic E-state index is 0.0556. The van der Waals surface area contributed by atoms with E-state index in [1.54, 1.807) is 0 Å². The highest BCUT2D eigenvalue weighted by atomic mass is 16.7. The third-order valence-corrected chi connectivity index (χ3v) is 6.37. The zero-order chi connectivity index (χ0) is 26.3. The molecule has 2 aliphatic carbocycles. The highest BCUT2D eigenvalue weighted by Crippen LogP contribution is 2.24. The Labute approximate surface area is 212 Å². The third kappa shape index (κ3) is 7.99. The highest BCUT2D eigenvalue weighted by Gasteiger charge is 2.40. The maximum atomic E-state index is 11.7. The molecule has 0 spiro atoms. The first kappa shape index (κ1) is 27.5. The molecule has 10 nitrogen and oxygen atoms in total. The van der Waals surface area contributed by atoms with E-state index in [0.717, 1.165) is 25.7 Å². The topological polar surface area (TPSA) is 129 Å². The second-order valence-corrected chi connectivity index (χ2v) is 10.5. The normalized spacial score (nSPS) is 24.2. The summed E-state index contributed by atoms with van der Waals surface area (Å²) in [5.74, 6) is -4.84. The lowest BCUT2D eigenvalue weighted by Gasteiger charge is -2.30. The van der Waals surface area contributed by atoms with Crippen LogP contribution in [0.1, 0.15) is 91.9 Å². The Morgan fingerprint density at radius 1 is 0.556 bits per heavy atom. The molecule has 0 aromatic rings. The highest BCUT2D eigenvalue weighted by molar-refractivity contribution is 6.15. The Morgan fingerprint density at radius 3 is 1.11 bits per heavy atom. The lowest BCUT2D eigenvalue weighted by atomic mass is 9.96. The van der Waals surface area contributed by atoms with Crippen molar-refractivity contribution in [1.29, 1.82) is 0 Å². The van der Waals surface area contributed by atoms with Crippen molar-refractivity contribution in [1.82, 2.24) is 10.6 Å². The zero-order valence-corrected chi connectivity index (χ0v) is 21.6. The maximum absolute atomic E-state index is 11.7. The van der Waals surface area contributed by atoms with Crippen LogP contribution in [0.4, 0.5) is 0 Å². The molecular formula is C26H38N2O8. The lowest BCUT2D eigenvalue weighted by Crippen LogP contribution is -2.42. The SMILES string of the molecule is CC1(C)OC(=O)C(=CNC2CCCCC2)C(=O)O1.CC1(C)OC(=O)C(=CNC2CCCCC2)C(=O)O1. The Morgan fingerprint density at radius 2 is 0.833 bits per heavy atom. The van der Waals surface area contributed by atoms with Crippen molar-refractivity contribution >= 4 is 23.9 Å². The van der Waals surface area contributed by atoms with Gasteiger partial charge >= 0.3 is 23.9 Å². The van der Waals surface area contributed by atoms with Crippen molar-refractivity contribution in [2.24, 2.45) is 0 Å². The predicted molar refractivity (Wildman–Crippen MR) is 129 cm³/mol. The van der Waals surface area contributed by atoms with Crippen LogP contribution < -0.4 is 10.6 Å². The molecular weight excluding hydrogens is 468 g/mol. The largest absolute Gasteiger partial charge is 0.419 e. The quantitative estimate of drug-likeness (QED) is 0.333. The van der Waals surface area contributed by atoms with E-state index in [0.29, 0.717) is 12.1 Å². The fourth-order valence-electron chi connectivity index (χ4n) is 4.50. The standard InChI is InChI=1S/2C13H19NO4/c2*1-13(2)17-11(15)10(12(16)18-13)8-14-9-6-4-3-5-7-9/h2*8-9,14H,3-7H2,1-2H3. The summed E-state index contributed by atoms with van der Waals surface area (Å²) in [4.78, 5) is 46.6. The van der Waals surface area contributed by atoms with Crippen molar-refractivity contribution < 1.29 is 38.1 Å². The smallest absolute Gasteiger partial charge is 0.350 e. The van der Waals surface area contributed by atoms with E-state index in [9.17, 15) is 19.2 Å². The van der Waals surface area contributed by atoms with Gasteiger partial charge in [0.25, 0.3) is 11.6 Å². The van der Waals surface area contributed by atoms with E-state index in [1.807, 2.05) is 0 Å². The van der Waals surface area contributed by atoms with Crippen LogP contribution in [0.5, 0.6) is 0 Å². The third-order valence-electron chi connectivity index (χ3n) is 6.37. The first-order chi connectivity index (χ1) is 17.0. The van der Waals surface area contributed by atoms with Gasteiger partial charge in [0.1, 0.15) is 0 Å². The molecule has 2 heterocycles. The summed E-state index contributed by atoms with van der Waals surface area (Å²) in [5, 5.41) is 6.23. The van der Waals surface area contributed by atoms with E-state index in [-0.39, 0.29) is 11.1 Å². The molecule has 2 saturated carbocycles. The molecule has 0 atom stereocenters. The number of carbonyl (C=O) groups is 4. The number of ether oxygens (including phenoxy) is 4. The van der Waals surface area contributed by atoms with Gasteiger partial charge in [-0.25, -0.2) is 19.2 Å². The van der Waals surface area contributed by atoms with Gasteiger partial charge < -0.3 is 29.6 Å². The van der Waals surface area contributed by atoms with Gasteiger partial charge in [-0.15, -0.1) is 0 Å². The summed E-state index contributed by atoms with van der Waals surface area (Å²) in [6.07, 6.45) is 14.4. The Bertz CT molecular complexity index is 791. The predicted octanol–water partition coefficient (Wildman–Crippen LogP) is 3.26. The number of hydrogen-bond acceptors (Lipinski definition) is 10. The molecule has 2 saturated heterocycles. The maximum Gasteiger partial charge on any atom is 0.350 e. The summed E-state index contributed by atoms with van der Waals surface area (Å²) in [7, 11) is 0. The Hall–Kier alpha value is -3.04. The molecule has 2 aliphatic heterocycles. The lowest BCUT2D eigenvalue weighted by molar-refractivity contribution is -0.224. The van der Waals surface area contributed by atoms with Crippen LogP contribution in [0.2, 0.25) is 0 Å². The van der Waals surface area contributed by atoms with Gasteiger partial charge in [-0.1, -0.05) is 38.5 Å².